The lowest BCUT2D eigenvalue weighted by Crippen LogP contribution is -2.17. The lowest BCUT2D eigenvalue weighted by molar-refractivity contribution is -0.385. The van der Waals surface area contributed by atoms with Crippen molar-refractivity contribution in [1.29, 1.82) is 0 Å². The number of aryl methyl sites for hydroxylation is 1. The number of hydrogen-bond acceptors (Lipinski definition) is 8. The molecule has 0 saturated heterocycles. The van der Waals surface area contributed by atoms with Crippen LogP contribution in [0.25, 0.3) is 11.7 Å². The summed E-state index contributed by atoms with van der Waals surface area (Å²) >= 11 is 0. The summed E-state index contributed by atoms with van der Waals surface area (Å²) in [4.78, 5) is 39.3. The lowest BCUT2D eigenvalue weighted by Gasteiger charge is -2.06. The van der Waals surface area contributed by atoms with Gasteiger partial charge in [0.05, 0.1) is 22.2 Å². The van der Waals surface area contributed by atoms with Crippen molar-refractivity contribution in [3.8, 4) is 11.5 Å². The van der Waals surface area contributed by atoms with Gasteiger partial charge in [-0.3, -0.25) is 19.3 Å². The minimum Gasteiger partial charge on any atom is -0.456 e. The van der Waals surface area contributed by atoms with Crippen molar-refractivity contribution >= 4 is 23.4 Å². The van der Waals surface area contributed by atoms with E-state index in [2.05, 4.69) is 4.98 Å². The van der Waals surface area contributed by atoms with Gasteiger partial charge in [0.2, 0.25) is 6.79 Å². The van der Waals surface area contributed by atoms with E-state index in [1.807, 2.05) is 13.0 Å². The van der Waals surface area contributed by atoms with E-state index < -0.39 is 10.9 Å². The number of nitro benzene ring substituents is 1. The summed E-state index contributed by atoms with van der Waals surface area (Å²) in [6, 6.07) is 7.50. The number of carbonyl (C=O) groups excluding carboxylic acids is 1. The molecule has 0 N–H and O–H groups in total. The molecule has 10 nitrogen and oxygen atoms in total. The summed E-state index contributed by atoms with van der Waals surface area (Å²) in [6.45, 7) is 1.57. The van der Waals surface area contributed by atoms with Crippen molar-refractivity contribution in [3.05, 3.63) is 79.9 Å². The van der Waals surface area contributed by atoms with Crippen LogP contribution in [-0.4, -0.2) is 27.1 Å². The molecule has 4 rings (SSSR count). The molecule has 10 heteroatoms. The molecule has 0 spiro atoms. The minimum absolute atomic E-state index is 0.0279. The summed E-state index contributed by atoms with van der Waals surface area (Å²) in [5, 5.41) is 11.3. The zero-order valence-electron chi connectivity index (χ0n) is 15.7. The Morgan fingerprint density at radius 2 is 2.10 bits per heavy atom. The molecule has 0 bridgehead atoms. The van der Waals surface area contributed by atoms with Crippen molar-refractivity contribution in [3.63, 3.8) is 0 Å². The second-order valence-electron chi connectivity index (χ2n) is 6.43. The van der Waals surface area contributed by atoms with Gasteiger partial charge < -0.3 is 14.2 Å². The van der Waals surface area contributed by atoms with Gasteiger partial charge in [0, 0.05) is 18.3 Å². The van der Waals surface area contributed by atoms with Gasteiger partial charge in [-0.1, -0.05) is 6.07 Å². The molecular formula is C20H15N3O7. The molecule has 30 heavy (non-hydrogen) atoms. The maximum absolute atomic E-state index is 12.2. The average Bonchev–Trinajstić information content (AvgIpc) is 3.18. The number of pyridine rings is 1. The molecule has 0 unspecified atom stereocenters. The summed E-state index contributed by atoms with van der Waals surface area (Å²) in [5.41, 5.74) is 1.22. The van der Waals surface area contributed by atoms with Crippen LogP contribution in [0.2, 0.25) is 0 Å². The fourth-order valence-corrected chi connectivity index (χ4v) is 2.97. The van der Waals surface area contributed by atoms with Gasteiger partial charge >= 0.3 is 5.97 Å². The average molecular weight is 409 g/mol. The van der Waals surface area contributed by atoms with Gasteiger partial charge in [0.25, 0.3) is 11.2 Å². The number of esters is 1. The highest BCUT2D eigenvalue weighted by molar-refractivity contribution is 5.88. The van der Waals surface area contributed by atoms with E-state index >= 15 is 0 Å². The van der Waals surface area contributed by atoms with Crippen molar-refractivity contribution in [2.75, 3.05) is 6.79 Å². The van der Waals surface area contributed by atoms with E-state index in [1.165, 1.54) is 28.7 Å². The first-order valence-electron chi connectivity index (χ1n) is 8.83. The normalized spacial score (nSPS) is 12.4. The number of ether oxygens (including phenoxy) is 3. The molecule has 1 aliphatic heterocycles. The van der Waals surface area contributed by atoms with Crippen LogP contribution in [0.15, 0.2) is 47.4 Å². The summed E-state index contributed by atoms with van der Waals surface area (Å²) in [5.74, 6) is -0.121. The summed E-state index contributed by atoms with van der Waals surface area (Å²) in [7, 11) is 0. The Kier molecular flexibility index (Phi) is 4.88. The van der Waals surface area contributed by atoms with E-state index in [4.69, 9.17) is 14.2 Å². The van der Waals surface area contributed by atoms with E-state index in [-0.39, 0.29) is 36.0 Å². The third kappa shape index (κ3) is 3.70. The van der Waals surface area contributed by atoms with Crippen LogP contribution >= 0.6 is 0 Å². The largest absolute Gasteiger partial charge is 0.456 e. The molecule has 3 aromatic rings. The number of fused-ring (bicyclic) bond motifs is 2. The van der Waals surface area contributed by atoms with Crippen LogP contribution in [0.3, 0.4) is 0 Å². The first kappa shape index (κ1) is 19.1. The highest BCUT2D eigenvalue weighted by Crippen LogP contribution is 2.38. The Morgan fingerprint density at radius 1 is 1.33 bits per heavy atom. The molecule has 3 heterocycles. The molecule has 0 fully saturated rings. The second kappa shape index (κ2) is 7.66. The first-order chi connectivity index (χ1) is 14.4. The van der Waals surface area contributed by atoms with Gasteiger partial charge in [-0.15, -0.1) is 0 Å². The second-order valence-corrected chi connectivity index (χ2v) is 6.43. The number of benzene rings is 1. The van der Waals surface area contributed by atoms with E-state index in [9.17, 15) is 19.7 Å². The van der Waals surface area contributed by atoms with E-state index in [0.717, 1.165) is 11.6 Å². The standard InChI is InChI=1S/C20H15N3O7/c1-12-3-2-6-22-18(24)8-14(21-20(12)22)10-28-19(25)5-4-13-7-16-17(30-11-29-16)9-15(13)23(26)27/h2-9H,10-11H2,1H3/b5-4+. The molecule has 152 valence electrons. The highest BCUT2D eigenvalue weighted by Gasteiger charge is 2.22. The van der Waals surface area contributed by atoms with Crippen LogP contribution in [0, 0.1) is 17.0 Å². The Balaban J connectivity index is 1.50. The third-order valence-corrected chi connectivity index (χ3v) is 4.42. The van der Waals surface area contributed by atoms with Gasteiger partial charge in [0.15, 0.2) is 11.5 Å². The zero-order chi connectivity index (χ0) is 21.3. The van der Waals surface area contributed by atoms with Crippen LogP contribution in [-0.2, 0) is 16.1 Å². The summed E-state index contributed by atoms with van der Waals surface area (Å²) in [6.07, 6.45) is 3.92. The summed E-state index contributed by atoms with van der Waals surface area (Å²) < 4.78 is 16.9. The van der Waals surface area contributed by atoms with Gasteiger partial charge in [-0.25, -0.2) is 9.78 Å². The van der Waals surface area contributed by atoms with Crippen molar-refractivity contribution in [2.24, 2.45) is 0 Å². The van der Waals surface area contributed by atoms with Crippen LogP contribution in [0.1, 0.15) is 16.8 Å². The predicted molar refractivity (Wildman–Crippen MR) is 104 cm³/mol. The third-order valence-electron chi connectivity index (χ3n) is 4.42. The lowest BCUT2D eigenvalue weighted by atomic mass is 10.1. The Hall–Kier alpha value is -4.21. The van der Waals surface area contributed by atoms with Crippen molar-refractivity contribution in [2.45, 2.75) is 13.5 Å². The fraction of sp³-hybridized carbons (Fsp3) is 0.150. The van der Waals surface area contributed by atoms with E-state index in [1.54, 1.807) is 12.3 Å². The van der Waals surface area contributed by atoms with Crippen molar-refractivity contribution in [1.82, 2.24) is 9.38 Å². The van der Waals surface area contributed by atoms with Gasteiger partial charge in [0.1, 0.15) is 12.3 Å². The molecule has 0 atom stereocenters. The van der Waals surface area contributed by atoms with E-state index in [0.29, 0.717) is 17.1 Å². The van der Waals surface area contributed by atoms with Crippen molar-refractivity contribution < 1.29 is 23.9 Å². The number of aromatic nitrogens is 2. The SMILES string of the molecule is Cc1cccn2c(=O)cc(COC(=O)/C=C/c3cc4c(cc3[N+](=O)[O-])OCO4)nc12. The molecular weight excluding hydrogens is 394 g/mol. The molecule has 0 saturated carbocycles. The van der Waals surface area contributed by atoms with Crippen LogP contribution in [0.4, 0.5) is 5.69 Å². The Labute approximate surface area is 169 Å². The number of hydrogen-bond donors (Lipinski definition) is 0. The maximum Gasteiger partial charge on any atom is 0.331 e. The van der Waals surface area contributed by atoms with Crippen LogP contribution in [0.5, 0.6) is 11.5 Å². The minimum atomic E-state index is -0.742. The quantitative estimate of drug-likeness (QED) is 0.272. The highest BCUT2D eigenvalue weighted by atomic mass is 16.7. The number of nitrogens with zero attached hydrogens (tertiary/aromatic N) is 3. The molecule has 0 radical (unpaired) electrons. The van der Waals surface area contributed by atoms with Gasteiger partial charge in [-0.05, 0) is 30.7 Å². The number of nitro groups is 1. The smallest absolute Gasteiger partial charge is 0.331 e. The molecule has 0 aliphatic carbocycles. The molecule has 2 aromatic heterocycles. The Bertz CT molecular complexity index is 1260. The Morgan fingerprint density at radius 3 is 2.87 bits per heavy atom. The fourth-order valence-electron chi connectivity index (χ4n) is 2.97. The first-order valence-corrected chi connectivity index (χ1v) is 8.83. The zero-order valence-corrected chi connectivity index (χ0v) is 15.7. The maximum atomic E-state index is 12.2. The number of carbonyl (C=O) groups is 1. The number of rotatable bonds is 5. The molecule has 1 aliphatic rings. The molecule has 1 aromatic carbocycles. The molecule has 0 amide bonds. The predicted octanol–water partition coefficient (Wildman–Crippen LogP) is 2.40. The topological polar surface area (TPSA) is 122 Å². The monoisotopic (exact) mass is 409 g/mol. The van der Waals surface area contributed by atoms with Crippen LogP contribution < -0.4 is 15.0 Å². The van der Waals surface area contributed by atoms with Gasteiger partial charge in [-0.2, -0.15) is 0 Å².